The molecule has 0 radical (unpaired) electrons. The maximum Gasteiger partial charge on any atom is 0.255 e. The Morgan fingerprint density at radius 2 is 1.78 bits per heavy atom. The number of nitrogens with zero attached hydrogens (tertiary/aromatic N) is 3. The fraction of sp³-hybridized carbons (Fsp3) is 0.320. The smallest absolute Gasteiger partial charge is 0.255 e. The average Bonchev–Trinajstić information content (AvgIpc) is 3.35. The topological polar surface area (TPSA) is 65.5 Å². The normalized spacial score (nSPS) is 18.7. The van der Waals surface area contributed by atoms with Crippen molar-refractivity contribution in [2.75, 3.05) is 34.9 Å². The van der Waals surface area contributed by atoms with Crippen LogP contribution >= 0.6 is 11.8 Å². The molecule has 2 aliphatic rings. The van der Waals surface area contributed by atoms with Crippen molar-refractivity contribution >= 4 is 45.7 Å². The van der Waals surface area contributed by atoms with Crippen LogP contribution in [0, 0.1) is 0 Å². The van der Waals surface area contributed by atoms with Gasteiger partial charge in [0.05, 0.1) is 11.6 Å². The number of anilines is 2. The summed E-state index contributed by atoms with van der Waals surface area (Å²) in [5.41, 5.74) is 2.54. The first-order chi connectivity index (χ1) is 15.7. The molecule has 1 aromatic heterocycles. The third-order valence-electron chi connectivity index (χ3n) is 6.22. The van der Waals surface area contributed by atoms with Gasteiger partial charge in [0.25, 0.3) is 5.91 Å². The highest BCUT2D eigenvalue weighted by Gasteiger charge is 2.35. The second-order valence-corrected chi connectivity index (χ2v) is 9.25. The Balaban J connectivity index is 1.39. The van der Waals surface area contributed by atoms with E-state index in [4.69, 9.17) is 0 Å². The van der Waals surface area contributed by atoms with Crippen molar-refractivity contribution in [3.05, 3.63) is 66.5 Å². The molecule has 3 heterocycles. The first-order valence-electron chi connectivity index (χ1n) is 11.1. The number of rotatable bonds is 4. The van der Waals surface area contributed by atoms with E-state index in [1.165, 1.54) is 24.9 Å². The number of thioether (sulfide) groups is 1. The van der Waals surface area contributed by atoms with Gasteiger partial charge in [0.2, 0.25) is 5.91 Å². The highest BCUT2D eigenvalue weighted by molar-refractivity contribution is 7.99. The van der Waals surface area contributed by atoms with Crippen LogP contribution in [0.2, 0.25) is 0 Å². The molecule has 164 valence electrons. The van der Waals surface area contributed by atoms with Crippen molar-refractivity contribution in [1.29, 1.82) is 0 Å². The number of amides is 2. The van der Waals surface area contributed by atoms with Gasteiger partial charge in [0.15, 0.2) is 0 Å². The summed E-state index contributed by atoms with van der Waals surface area (Å²) in [4.78, 5) is 34.6. The maximum absolute atomic E-state index is 13.2. The standard InChI is InChI=1S/C25H26N4O2S/c30-24(23-16-32-17-29(23)25(31)18-7-3-1-4-8-18)27-21-9-10-22(28-13-5-2-6-14-28)19-11-12-26-15-20(19)21/h1,3-4,7-12,15,23H,2,5-6,13-14,16-17H2,(H,27,30). The number of pyridine rings is 1. The summed E-state index contributed by atoms with van der Waals surface area (Å²) in [6, 6.07) is 14.7. The molecule has 0 saturated carbocycles. The van der Waals surface area contributed by atoms with Crippen molar-refractivity contribution in [3.8, 4) is 0 Å². The van der Waals surface area contributed by atoms with Gasteiger partial charge >= 0.3 is 0 Å². The van der Waals surface area contributed by atoms with E-state index in [0.717, 1.165) is 29.5 Å². The molecule has 0 spiro atoms. The lowest BCUT2D eigenvalue weighted by Gasteiger charge is -2.30. The zero-order valence-electron chi connectivity index (χ0n) is 17.9. The minimum atomic E-state index is -0.499. The van der Waals surface area contributed by atoms with Crippen LogP contribution in [0.4, 0.5) is 11.4 Å². The van der Waals surface area contributed by atoms with E-state index >= 15 is 0 Å². The molecule has 2 aromatic carbocycles. The fourth-order valence-electron chi connectivity index (χ4n) is 4.52. The molecular weight excluding hydrogens is 420 g/mol. The summed E-state index contributed by atoms with van der Waals surface area (Å²) in [7, 11) is 0. The van der Waals surface area contributed by atoms with E-state index in [-0.39, 0.29) is 11.8 Å². The van der Waals surface area contributed by atoms with Gasteiger partial charge in [-0.2, -0.15) is 0 Å². The van der Waals surface area contributed by atoms with Gasteiger partial charge in [-0.05, 0) is 49.6 Å². The second kappa shape index (κ2) is 9.20. The molecule has 2 aliphatic heterocycles. The third kappa shape index (κ3) is 4.05. The second-order valence-electron chi connectivity index (χ2n) is 8.25. The molecule has 2 amide bonds. The molecule has 0 aliphatic carbocycles. The zero-order valence-corrected chi connectivity index (χ0v) is 18.7. The number of fused-ring (bicyclic) bond motifs is 1. The summed E-state index contributed by atoms with van der Waals surface area (Å²) >= 11 is 1.60. The van der Waals surface area contributed by atoms with E-state index in [2.05, 4.69) is 21.3 Å². The van der Waals surface area contributed by atoms with Crippen LogP contribution in [-0.4, -0.2) is 52.5 Å². The molecule has 5 rings (SSSR count). The van der Waals surface area contributed by atoms with Crippen molar-refractivity contribution in [2.24, 2.45) is 0 Å². The number of aromatic nitrogens is 1. The number of carbonyl (C=O) groups is 2. The zero-order chi connectivity index (χ0) is 21.9. The number of piperidine rings is 1. The highest BCUT2D eigenvalue weighted by Crippen LogP contribution is 2.34. The van der Waals surface area contributed by atoms with Gasteiger partial charge in [-0.1, -0.05) is 18.2 Å². The van der Waals surface area contributed by atoms with Crippen LogP contribution in [0.15, 0.2) is 60.9 Å². The quantitative estimate of drug-likeness (QED) is 0.644. The van der Waals surface area contributed by atoms with E-state index in [9.17, 15) is 9.59 Å². The monoisotopic (exact) mass is 446 g/mol. The Morgan fingerprint density at radius 3 is 2.59 bits per heavy atom. The largest absolute Gasteiger partial charge is 0.371 e. The van der Waals surface area contributed by atoms with Crippen LogP contribution in [0.3, 0.4) is 0 Å². The number of hydrogen-bond acceptors (Lipinski definition) is 5. The third-order valence-corrected chi connectivity index (χ3v) is 7.23. The highest BCUT2D eigenvalue weighted by atomic mass is 32.2. The van der Waals surface area contributed by atoms with Crippen molar-refractivity contribution in [1.82, 2.24) is 9.88 Å². The summed E-state index contributed by atoms with van der Waals surface area (Å²) in [5.74, 6) is 0.840. The number of benzene rings is 2. The van der Waals surface area contributed by atoms with Crippen LogP contribution in [0.25, 0.3) is 10.8 Å². The molecule has 1 N–H and O–H groups in total. The molecule has 2 saturated heterocycles. The van der Waals surface area contributed by atoms with Gasteiger partial charge in [-0.3, -0.25) is 14.6 Å². The Hall–Kier alpha value is -3.06. The van der Waals surface area contributed by atoms with Gasteiger partial charge < -0.3 is 15.1 Å². The van der Waals surface area contributed by atoms with Crippen molar-refractivity contribution in [3.63, 3.8) is 0 Å². The molecule has 1 atom stereocenters. The Bertz CT molecular complexity index is 1130. The Kier molecular flexibility index (Phi) is 5.99. The van der Waals surface area contributed by atoms with Crippen LogP contribution < -0.4 is 10.2 Å². The molecule has 1 unspecified atom stereocenters. The van der Waals surface area contributed by atoms with Crippen LogP contribution in [0.1, 0.15) is 29.6 Å². The maximum atomic E-state index is 13.2. The SMILES string of the molecule is O=C(Nc1ccc(N2CCCCC2)c2ccncc12)C1CSCN1C(=O)c1ccccc1. The van der Waals surface area contributed by atoms with Gasteiger partial charge in [0.1, 0.15) is 6.04 Å². The van der Waals surface area contributed by atoms with Gasteiger partial charge in [-0.15, -0.1) is 11.8 Å². The number of nitrogens with one attached hydrogen (secondary N) is 1. The van der Waals surface area contributed by atoms with E-state index in [1.54, 1.807) is 35.0 Å². The minimum absolute atomic E-state index is 0.109. The predicted molar refractivity (Wildman–Crippen MR) is 130 cm³/mol. The minimum Gasteiger partial charge on any atom is -0.371 e. The molecule has 7 heteroatoms. The van der Waals surface area contributed by atoms with Gasteiger partial charge in [0, 0.05) is 53.3 Å². The summed E-state index contributed by atoms with van der Waals surface area (Å²) in [6.07, 6.45) is 7.30. The van der Waals surface area contributed by atoms with Crippen molar-refractivity contribution < 1.29 is 9.59 Å². The average molecular weight is 447 g/mol. The van der Waals surface area contributed by atoms with E-state index in [1.807, 2.05) is 36.5 Å². The Morgan fingerprint density at radius 1 is 0.969 bits per heavy atom. The molecule has 0 bridgehead atoms. The molecule has 6 nitrogen and oxygen atoms in total. The Labute approximate surface area is 192 Å². The van der Waals surface area contributed by atoms with Crippen LogP contribution in [0.5, 0.6) is 0 Å². The first-order valence-corrected chi connectivity index (χ1v) is 12.2. The predicted octanol–water partition coefficient (Wildman–Crippen LogP) is 4.38. The molecule has 2 fully saturated rings. The number of carbonyl (C=O) groups excluding carboxylic acids is 2. The van der Waals surface area contributed by atoms with Gasteiger partial charge in [-0.25, -0.2) is 0 Å². The molecular formula is C25H26N4O2S. The lowest BCUT2D eigenvalue weighted by atomic mass is 10.0. The summed E-state index contributed by atoms with van der Waals surface area (Å²) in [6.45, 7) is 2.11. The summed E-state index contributed by atoms with van der Waals surface area (Å²) < 4.78 is 0. The van der Waals surface area contributed by atoms with Crippen LogP contribution in [-0.2, 0) is 4.79 Å². The number of hydrogen-bond donors (Lipinski definition) is 1. The van der Waals surface area contributed by atoms with E-state index in [0.29, 0.717) is 17.2 Å². The lowest BCUT2D eigenvalue weighted by molar-refractivity contribution is -0.119. The molecule has 3 aromatic rings. The summed E-state index contributed by atoms with van der Waals surface area (Å²) in [5, 5.41) is 5.11. The first kappa shape index (κ1) is 20.8. The molecule has 32 heavy (non-hydrogen) atoms. The fourth-order valence-corrected chi connectivity index (χ4v) is 5.67. The lowest BCUT2D eigenvalue weighted by Crippen LogP contribution is -2.44. The van der Waals surface area contributed by atoms with E-state index < -0.39 is 6.04 Å². The van der Waals surface area contributed by atoms with Crippen molar-refractivity contribution in [2.45, 2.75) is 25.3 Å².